The van der Waals surface area contributed by atoms with Gasteiger partial charge in [-0.25, -0.2) is 9.78 Å². The van der Waals surface area contributed by atoms with Gasteiger partial charge in [-0.15, -0.1) is 11.3 Å². The van der Waals surface area contributed by atoms with Crippen molar-refractivity contribution in [1.82, 2.24) is 10.1 Å². The molecule has 0 saturated heterocycles. The van der Waals surface area contributed by atoms with Gasteiger partial charge in [-0.1, -0.05) is 25.9 Å². The lowest BCUT2D eigenvalue weighted by atomic mass is 9.91. The van der Waals surface area contributed by atoms with E-state index in [0.29, 0.717) is 16.5 Å². The zero-order valence-electron chi connectivity index (χ0n) is 11.6. The van der Waals surface area contributed by atoms with Crippen LogP contribution in [-0.4, -0.2) is 21.2 Å². The molecule has 0 fully saturated rings. The fraction of sp³-hybridized carbons (Fsp3) is 0.462. The minimum atomic E-state index is -0.944. The molecule has 0 unspecified atom stereocenters. The Labute approximate surface area is 115 Å². The average molecular weight is 280 g/mol. The highest BCUT2D eigenvalue weighted by atomic mass is 32.1. The molecule has 0 amide bonds. The third-order valence-corrected chi connectivity index (χ3v) is 3.84. The van der Waals surface area contributed by atoms with Crippen LogP contribution < -0.4 is 0 Å². The molecule has 0 atom stereocenters. The predicted molar refractivity (Wildman–Crippen MR) is 72.7 cm³/mol. The summed E-state index contributed by atoms with van der Waals surface area (Å²) in [4.78, 5) is 16.1. The van der Waals surface area contributed by atoms with Gasteiger partial charge in [-0.3, -0.25) is 0 Å². The maximum absolute atomic E-state index is 11.4. The summed E-state index contributed by atoms with van der Waals surface area (Å²) in [6, 6.07) is 0. The maximum Gasteiger partial charge on any atom is 0.347 e. The van der Waals surface area contributed by atoms with Crippen LogP contribution in [0.15, 0.2) is 4.52 Å². The highest BCUT2D eigenvalue weighted by Crippen LogP contribution is 2.36. The summed E-state index contributed by atoms with van der Waals surface area (Å²) in [6.45, 7) is 9.47. The number of nitrogens with zero attached hydrogens (tertiary/aromatic N) is 2. The van der Waals surface area contributed by atoms with Crippen molar-refractivity contribution in [3.8, 4) is 10.6 Å². The molecule has 0 saturated carbocycles. The monoisotopic (exact) mass is 280 g/mol. The fourth-order valence-electron chi connectivity index (χ4n) is 1.87. The fourth-order valence-corrected chi connectivity index (χ4v) is 3.13. The molecule has 2 aromatic heterocycles. The van der Waals surface area contributed by atoms with Gasteiger partial charge in [0.1, 0.15) is 15.6 Å². The van der Waals surface area contributed by atoms with Crippen molar-refractivity contribution in [1.29, 1.82) is 0 Å². The number of aryl methyl sites for hydroxylation is 2. The van der Waals surface area contributed by atoms with E-state index in [0.717, 1.165) is 11.3 Å². The van der Waals surface area contributed by atoms with Crippen molar-refractivity contribution in [3.05, 3.63) is 22.0 Å². The molecule has 19 heavy (non-hydrogen) atoms. The average Bonchev–Trinajstić information content (AvgIpc) is 2.82. The van der Waals surface area contributed by atoms with Gasteiger partial charge in [0.25, 0.3) is 0 Å². The van der Waals surface area contributed by atoms with Crippen molar-refractivity contribution in [2.75, 3.05) is 0 Å². The second-order valence-corrected chi connectivity index (χ2v) is 6.45. The number of thiazole rings is 1. The first kappa shape index (κ1) is 13.7. The molecule has 2 heterocycles. The first-order valence-corrected chi connectivity index (χ1v) is 6.71. The number of hydrogen-bond acceptors (Lipinski definition) is 5. The third-order valence-electron chi connectivity index (χ3n) is 2.78. The van der Waals surface area contributed by atoms with Crippen LogP contribution in [0.25, 0.3) is 10.6 Å². The van der Waals surface area contributed by atoms with E-state index in [9.17, 15) is 9.90 Å². The molecule has 0 radical (unpaired) electrons. The molecule has 2 rings (SSSR count). The topological polar surface area (TPSA) is 76.2 Å². The number of carboxylic acids is 1. The van der Waals surface area contributed by atoms with E-state index in [1.807, 2.05) is 27.7 Å². The molecule has 102 valence electrons. The molecule has 2 aromatic rings. The molecule has 5 nitrogen and oxygen atoms in total. The smallest absolute Gasteiger partial charge is 0.347 e. The summed E-state index contributed by atoms with van der Waals surface area (Å²) < 4.78 is 5.11. The number of carbonyl (C=O) groups is 1. The quantitative estimate of drug-likeness (QED) is 0.912. The van der Waals surface area contributed by atoms with E-state index in [-0.39, 0.29) is 10.3 Å². The minimum Gasteiger partial charge on any atom is -0.477 e. The van der Waals surface area contributed by atoms with Crippen molar-refractivity contribution in [2.24, 2.45) is 0 Å². The van der Waals surface area contributed by atoms with Crippen LogP contribution in [0, 0.1) is 13.8 Å². The summed E-state index contributed by atoms with van der Waals surface area (Å²) in [5.74, 6) is -0.288. The molecular formula is C13H16N2O3S. The molecule has 6 heteroatoms. The second kappa shape index (κ2) is 4.45. The van der Waals surface area contributed by atoms with Crippen LogP contribution in [0.5, 0.6) is 0 Å². The Morgan fingerprint density at radius 2 is 1.95 bits per heavy atom. The third kappa shape index (κ3) is 2.40. The van der Waals surface area contributed by atoms with Gasteiger partial charge >= 0.3 is 5.97 Å². The first-order chi connectivity index (χ1) is 8.71. The van der Waals surface area contributed by atoms with Gasteiger partial charge in [0.15, 0.2) is 0 Å². The Morgan fingerprint density at radius 3 is 2.32 bits per heavy atom. The van der Waals surface area contributed by atoms with Gasteiger partial charge in [0, 0.05) is 5.41 Å². The lowest BCUT2D eigenvalue weighted by Crippen LogP contribution is -2.16. The van der Waals surface area contributed by atoms with Crippen LogP contribution in [-0.2, 0) is 5.41 Å². The van der Waals surface area contributed by atoms with E-state index in [1.165, 1.54) is 11.3 Å². The Hall–Kier alpha value is -1.69. The van der Waals surface area contributed by atoms with Crippen LogP contribution >= 0.6 is 11.3 Å². The number of hydrogen-bond donors (Lipinski definition) is 1. The maximum atomic E-state index is 11.4. The molecule has 0 aromatic carbocycles. The summed E-state index contributed by atoms with van der Waals surface area (Å²) in [7, 11) is 0. The van der Waals surface area contributed by atoms with Crippen LogP contribution in [0.4, 0.5) is 0 Å². The van der Waals surface area contributed by atoms with Crippen LogP contribution in [0.3, 0.4) is 0 Å². The number of carboxylic acid groups (broad SMARTS) is 1. The Morgan fingerprint density at radius 1 is 1.32 bits per heavy atom. The lowest BCUT2D eigenvalue weighted by Gasteiger charge is -2.15. The van der Waals surface area contributed by atoms with Gasteiger partial charge < -0.3 is 9.63 Å². The number of aromatic carboxylic acids is 1. The lowest BCUT2D eigenvalue weighted by molar-refractivity contribution is 0.0699. The van der Waals surface area contributed by atoms with Gasteiger partial charge in [-0.05, 0) is 13.8 Å². The molecule has 1 N–H and O–H groups in total. The largest absolute Gasteiger partial charge is 0.477 e. The van der Waals surface area contributed by atoms with Gasteiger partial charge in [0.05, 0.1) is 17.0 Å². The molecule has 0 spiro atoms. The zero-order chi connectivity index (χ0) is 14.4. The summed E-state index contributed by atoms with van der Waals surface area (Å²) in [5, 5.41) is 13.8. The van der Waals surface area contributed by atoms with Crippen molar-refractivity contribution < 1.29 is 14.4 Å². The zero-order valence-corrected chi connectivity index (χ0v) is 12.4. The predicted octanol–water partition coefficient (Wildman–Crippen LogP) is 3.41. The van der Waals surface area contributed by atoms with E-state index in [4.69, 9.17) is 4.52 Å². The summed E-state index contributed by atoms with van der Waals surface area (Å²) >= 11 is 1.17. The Bertz CT molecular complexity index is 615. The highest BCUT2D eigenvalue weighted by Gasteiger charge is 2.28. The number of rotatable bonds is 2. The van der Waals surface area contributed by atoms with Crippen LogP contribution in [0.2, 0.25) is 0 Å². The SMILES string of the molecule is Cc1noc(C)c1-c1nc(C(C)(C)C)c(C(=O)O)s1. The standard InChI is InChI=1S/C13H16N2O3S/c1-6-8(7(2)18-15-6)11-14-10(13(3,4)5)9(19-11)12(16)17/h1-5H3,(H,16,17). The van der Waals surface area contributed by atoms with Gasteiger partial charge in [-0.2, -0.15) is 0 Å². The van der Waals surface area contributed by atoms with Crippen molar-refractivity contribution in [2.45, 2.75) is 40.0 Å². The van der Waals surface area contributed by atoms with Crippen LogP contribution in [0.1, 0.15) is 47.6 Å². The molecule has 0 aliphatic rings. The van der Waals surface area contributed by atoms with E-state index in [2.05, 4.69) is 10.1 Å². The van der Waals surface area contributed by atoms with Gasteiger partial charge in [0.2, 0.25) is 0 Å². The first-order valence-electron chi connectivity index (χ1n) is 5.89. The molecule has 0 aliphatic carbocycles. The second-order valence-electron chi connectivity index (χ2n) is 5.45. The summed E-state index contributed by atoms with van der Waals surface area (Å²) in [5.41, 5.74) is 1.80. The molecule has 0 bridgehead atoms. The normalized spacial score (nSPS) is 11.8. The minimum absolute atomic E-state index is 0.280. The molecule has 0 aliphatic heterocycles. The Kier molecular flexibility index (Phi) is 3.22. The highest BCUT2D eigenvalue weighted by molar-refractivity contribution is 7.17. The van der Waals surface area contributed by atoms with Crippen molar-refractivity contribution >= 4 is 17.3 Å². The van der Waals surface area contributed by atoms with E-state index in [1.54, 1.807) is 6.92 Å². The molecular weight excluding hydrogens is 264 g/mol. The van der Waals surface area contributed by atoms with E-state index < -0.39 is 5.97 Å². The summed E-state index contributed by atoms with van der Waals surface area (Å²) in [6.07, 6.45) is 0. The van der Waals surface area contributed by atoms with Crippen molar-refractivity contribution in [3.63, 3.8) is 0 Å². The van der Waals surface area contributed by atoms with E-state index >= 15 is 0 Å². The number of aromatic nitrogens is 2. The Balaban J connectivity index is 2.65.